The van der Waals surface area contributed by atoms with Crippen LogP contribution < -0.4 is 9.47 Å². The summed E-state index contributed by atoms with van der Waals surface area (Å²) in [6.07, 6.45) is 1.44. The van der Waals surface area contributed by atoms with E-state index in [0.717, 1.165) is 5.75 Å². The summed E-state index contributed by atoms with van der Waals surface area (Å²) in [6, 6.07) is 7.03. The van der Waals surface area contributed by atoms with Crippen molar-refractivity contribution < 1.29 is 19.4 Å². The van der Waals surface area contributed by atoms with Gasteiger partial charge in [-0.15, -0.1) is 0 Å². The fourth-order valence-electron chi connectivity index (χ4n) is 1.44. The fraction of sp³-hybridized carbons (Fsp3) is 0.167. The lowest BCUT2D eigenvalue weighted by Gasteiger charge is -2.06. The number of ether oxygens (including phenoxy) is 2. The maximum absolute atomic E-state index is 10.8. The lowest BCUT2D eigenvalue weighted by atomic mass is 10.2. The van der Waals surface area contributed by atoms with Gasteiger partial charge in [0.2, 0.25) is 0 Å². The first-order valence-corrected chi connectivity index (χ1v) is 5.23. The summed E-state index contributed by atoms with van der Waals surface area (Å²) < 4.78 is 10.5. The van der Waals surface area contributed by atoms with E-state index in [-0.39, 0.29) is 12.3 Å². The summed E-state index contributed by atoms with van der Waals surface area (Å²) >= 11 is 0. The van der Waals surface area contributed by atoms with Gasteiger partial charge in [0, 0.05) is 5.56 Å². The molecule has 0 saturated heterocycles. The van der Waals surface area contributed by atoms with Gasteiger partial charge in [-0.25, -0.2) is 4.79 Å². The Kier molecular flexibility index (Phi) is 3.47. The number of methoxy groups -OCH3 is 1. The van der Waals surface area contributed by atoms with Crippen molar-refractivity contribution in [3.63, 3.8) is 0 Å². The molecule has 0 fully saturated rings. The molecule has 0 atom stereocenters. The van der Waals surface area contributed by atoms with Crippen LogP contribution in [0.15, 0.2) is 30.5 Å². The monoisotopic (exact) mass is 248 g/mol. The number of carboxylic acids is 1. The molecule has 0 unspecified atom stereocenters. The Hall–Kier alpha value is -2.50. The van der Waals surface area contributed by atoms with Gasteiger partial charge < -0.3 is 14.6 Å². The molecule has 0 aliphatic heterocycles. The fourth-order valence-corrected chi connectivity index (χ4v) is 1.44. The van der Waals surface area contributed by atoms with Crippen molar-refractivity contribution in [1.82, 2.24) is 10.2 Å². The maximum atomic E-state index is 10.8. The summed E-state index contributed by atoms with van der Waals surface area (Å²) in [5, 5.41) is 15.0. The number of rotatable bonds is 5. The number of carboxylic acid groups (broad SMARTS) is 1. The Balaban J connectivity index is 2.02. The van der Waals surface area contributed by atoms with Crippen LogP contribution in [-0.4, -0.2) is 28.4 Å². The Labute approximate surface area is 103 Å². The van der Waals surface area contributed by atoms with Gasteiger partial charge in [-0.1, -0.05) is 0 Å². The van der Waals surface area contributed by atoms with Crippen LogP contribution in [0.25, 0.3) is 0 Å². The molecule has 0 saturated carbocycles. The predicted molar refractivity (Wildman–Crippen MR) is 62.9 cm³/mol. The molecule has 0 spiro atoms. The van der Waals surface area contributed by atoms with E-state index in [9.17, 15) is 4.79 Å². The van der Waals surface area contributed by atoms with E-state index >= 15 is 0 Å². The number of nitrogens with one attached hydrogen (secondary N) is 1. The van der Waals surface area contributed by atoms with Crippen LogP contribution in [0.4, 0.5) is 0 Å². The van der Waals surface area contributed by atoms with Crippen molar-refractivity contribution in [3.05, 3.63) is 41.7 Å². The largest absolute Gasteiger partial charge is 0.497 e. The molecule has 0 aliphatic rings. The number of benzene rings is 1. The van der Waals surface area contributed by atoms with Crippen molar-refractivity contribution in [2.45, 2.75) is 6.61 Å². The number of carbonyl (C=O) groups is 1. The zero-order chi connectivity index (χ0) is 13.0. The normalized spacial score (nSPS) is 10.1. The summed E-state index contributed by atoms with van der Waals surface area (Å²) in [7, 11) is 1.58. The molecule has 6 nitrogen and oxygen atoms in total. The van der Waals surface area contributed by atoms with Crippen molar-refractivity contribution in [1.29, 1.82) is 0 Å². The highest BCUT2D eigenvalue weighted by Crippen LogP contribution is 2.18. The Bertz CT molecular complexity index is 533. The third-order valence-electron chi connectivity index (χ3n) is 2.39. The van der Waals surface area contributed by atoms with E-state index in [1.807, 2.05) is 0 Å². The average Bonchev–Trinajstić information content (AvgIpc) is 2.85. The lowest BCUT2D eigenvalue weighted by molar-refractivity contribution is 0.0687. The van der Waals surface area contributed by atoms with Crippen LogP contribution in [0.1, 0.15) is 16.1 Å². The van der Waals surface area contributed by atoms with Crippen molar-refractivity contribution in [3.8, 4) is 11.5 Å². The van der Waals surface area contributed by atoms with E-state index in [1.54, 1.807) is 31.4 Å². The summed E-state index contributed by atoms with van der Waals surface area (Å²) in [5.41, 5.74) is 0.543. The van der Waals surface area contributed by atoms with Crippen molar-refractivity contribution >= 4 is 5.97 Å². The number of hydrogen-bond acceptors (Lipinski definition) is 4. The molecule has 1 aromatic heterocycles. The third kappa shape index (κ3) is 2.60. The second-order valence-corrected chi connectivity index (χ2v) is 3.54. The van der Waals surface area contributed by atoms with Crippen LogP contribution in [0.3, 0.4) is 0 Å². The molecule has 6 heteroatoms. The second-order valence-electron chi connectivity index (χ2n) is 3.54. The molecule has 0 amide bonds. The standard InChI is InChI=1S/C12H12N2O4/c1-17-9-2-4-10(5-3-9)18-7-8-6-13-14-11(8)12(15)16/h2-6H,7H2,1H3,(H,13,14)(H,15,16). The van der Waals surface area contributed by atoms with Gasteiger partial charge in [-0.2, -0.15) is 5.10 Å². The number of aromatic nitrogens is 2. The summed E-state index contributed by atoms with van der Waals surface area (Å²) in [4.78, 5) is 10.8. The van der Waals surface area contributed by atoms with Crippen LogP contribution in [0.5, 0.6) is 11.5 Å². The van der Waals surface area contributed by atoms with Crippen LogP contribution in [0, 0.1) is 0 Å². The smallest absolute Gasteiger partial charge is 0.354 e. The lowest BCUT2D eigenvalue weighted by Crippen LogP contribution is -2.04. The zero-order valence-corrected chi connectivity index (χ0v) is 9.71. The molecule has 2 rings (SSSR count). The van der Waals surface area contributed by atoms with Gasteiger partial charge in [0.05, 0.1) is 13.3 Å². The van der Waals surface area contributed by atoms with Gasteiger partial charge in [-0.3, -0.25) is 5.10 Å². The quantitative estimate of drug-likeness (QED) is 0.841. The SMILES string of the molecule is COc1ccc(OCc2cn[nH]c2C(=O)O)cc1. The Morgan fingerprint density at radius 2 is 2.00 bits per heavy atom. The molecule has 1 aromatic carbocycles. The third-order valence-corrected chi connectivity index (χ3v) is 2.39. The first kappa shape index (κ1) is 12.0. The number of H-pyrrole nitrogens is 1. The molecule has 0 bridgehead atoms. The number of aromatic amines is 1. The minimum absolute atomic E-state index is 0.0449. The molecule has 94 valence electrons. The van der Waals surface area contributed by atoms with E-state index < -0.39 is 5.97 Å². The average molecular weight is 248 g/mol. The van der Waals surface area contributed by atoms with Crippen LogP contribution >= 0.6 is 0 Å². The summed E-state index contributed by atoms with van der Waals surface area (Å²) in [5.74, 6) is 0.311. The van der Waals surface area contributed by atoms with Gasteiger partial charge in [0.15, 0.2) is 0 Å². The first-order chi connectivity index (χ1) is 8.70. The number of nitrogens with zero attached hydrogens (tertiary/aromatic N) is 1. The molecule has 0 aliphatic carbocycles. The van der Waals surface area contributed by atoms with Gasteiger partial charge in [0.1, 0.15) is 23.8 Å². The van der Waals surface area contributed by atoms with E-state index in [2.05, 4.69) is 10.2 Å². The highest BCUT2D eigenvalue weighted by molar-refractivity contribution is 5.86. The molecule has 18 heavy (non-hydrogen) atoms. The zero-order valence-electron chi connectivity index (χ0n) is 9.71. The number of aromatic carboxylic acids is 1. The maximum Gasteiger partial charge on any atom is 0.354 e. The van der Waals surface area contributed by atoms with Crippen molar-refractivity contribution in [2.24, 2.45) is 0 Å². The Morgan fingerprint density at radius 1 is 1.33 bits per heavy atom. The first-order valence-electron chi connectivity index (χ1n) is 5.23. The topological polar surface area (TPSA) is 84.4 Å². The molecular weight excluding hydrogens is 236 g/mol. The highest BCUT2D eigenvalue weighted by atomic mass is 16.5. The molecule has 2 N–H and O–H groups in total. The molecular formula is C12H12N2O4. The molecule has 1 heterocycles. The van der Waals surface area contributed by atoms with E-state index in [4.69, 9.17) is 14.6 Å². The van der Waals surface area contributed by atoms with Gasteiger partial charge >= 0.3 is 5.97 Å². The van der Waals surface area contributed by atoms with E-state index in [0.29, 0.717) is 11.3 Å². The minimum Gasteiger partial charge on any atom is -0.497 e. The molecule has 2 aromatic rings. The van der Waals surface area contributed by atoms with Gasteiger partial charge in [-0.05, 0) is 24.3 Å². The van der Waals surface area contributed by atoms with Crippen LogP contribution in [-0.2, 0) is 6.61 Å². The highest BCUT2D eigenvalue weighted by Gasteiger charge is 2.12. The summed E-state index contributed by atoms with van der Waals surface area (Å²) in [6.45, 7) is 0.143. The second kappa shape index (κ2) is 5.22. The Morgan fingerprint density at radius 3 is 2.61 bits per heavy atom. The predicted octanol–water partition coefficient (Wildman–Crippen LogP) is 1.70. The van der Waals surface area contributed by atoms with Crippen LogP contribution in [0.2, 0.25) is 0 Å². The van der Waals surface area contributed by atoms with Gasteiger partial charge in [0.25, 0.3) is 0 Å². The van der Waals surface area contributed by atoms with E-state index in [1.165, 1.54) is 6.20 Å². The number of hydrogen-bond donors (Lipinski definition) is 2. The molecule has 0 radical (unpaired) electrons. The van der Waals surface area contributed by atoms with Crippen molar-refractivity contribution in [2.75, 3.05) is 7.11 Å². The minimum atomic E-state index is -1.05.